The van der Waals surface area contributed by atoms with Gasteiger partial charge in [-0.25, -0.2) is 14.2 Å². The van der Waals surface area contributed by atoms with Gasteiger partial charge in [-0.05, 0) is 64.3 Å². The van der Waals surface area contributed by atoms with Crippen LogP contribution in [-0.4, -0.2) is 43.1 Å². The first-order valence-corrected chi connectivity index (χ1v) is 11.2. The van der Waals surface area contributed by atoms with Gasteiger partial charge in [0.1, 0.15) is 17.7 Å². The summed E-state index contributed by atoms with van der Waals surface area (Å²) in [4.78, 5) is 18.5. The smallest absolute Gasteiger partial charge is 0.321 e. The van der Waals surface area contributed by atoms with E-state index in [0.717, 1.165) is 23.2 Å². The molecule has 0 radical (unpaired) electrons. The van der Waals surface area contributed by atoms with E-state index >= 15 is 0 Å². The van der Waals surface area contributed by atoms with Crippen LogP contribution in [0.25, 0.3) is 10.2 Å². The van der Waals surface area contributed by atoms with Gasteiger partial charge in [0.15, 0.2) is 5.13 Å². The summed E-state index contributed by atoms with van der Waals surface area (Å²) < 4.78 is 20.6. The number of carbonyl (C=O) groups is 1. The molecule has 2 amide bonds. The summed E-state index contributed by atoms with van der Waals surface area (Å²) in [7, 11) is 3.97. The topological polar surface area (TPSA) is 66.5 Å². The van der Waals surface area contributed by atoms with Crippen molar-refractivity contribution < 1.29 is 13.9 Å². The summed E-state index contributed by atoms with van der Waals surface area (Å²) in [6.45, 7) is 3.22. The number of fused-ring (bicyclic) bond motifs is 1. The summed E-state index contributed by atoms with van der Waals surface area (Å²) >= 11 is 13.6. The van der Waals surface area contributed by atoms with E-state index in [-0.39, 0.29) is 11.1 Å². The van der Waals surface area contributed by atoms with Crippen LogP contribution in [0.3, 0.4) is 0 Å². The lowest BCUT2D eigenvalue weighted by atomic mass is 10.1. The Bertz CT molecular complexity index is 1080. The van der Waals surface area contributed by atoms with Crippen molar-refractivity contribution in [1.29, 1.82) is 0 Å². The fourth-order valence-corrected chi connectivity index (χ4v) is 4.52. The van der Waals surface area contributed by atoms with E-state index in [0.29, 0.717) is 28.0 Å². The number of amides is 2. The number of anilines is 1. The average molecular weight is 485 g/mol. The average Bonchev–Trinajstić information content (AvgIpc) is 3.09. The molecule has 3 aromatic rings. The fraction of sp³-hybridized carbons (Fsp3) is 0.333. The molecule has 0 saturated heterocycles. The first kappa shape index (κ1) is 23.5. The maximum atomic E-state index is 13.8. The van der Waals surface area contributed by atoms with Gasteiger partial charge in [-0.3, -0.25) is 5.32 Å². The maximum Gasteiger partial charge on any atom is 0.321 e. The largest absolute Gasteiger partial charge is 0.486 e. The first-order valence-electron chi connectivity index (χ1n) is 9.65. The molecule has 1 heterocycles. The van der Waals surface area contributed by atoms with Crippen molar-refractivity contribution in [2.45, 2.75) is 19.4 Å². The molecular weight excluding hydrogens is 462 g/mol. The van der Waals surface area contributed by atoms with Crippen LogP contribution in [0.4, 0.5) is 14.3 Å². The summed E-state index contributed by atoms with van der Waals surface area (Å²) in [5.74, 6) is 0.00450. The number of nitrogens with zero attached hydrogens (tertiary/aromatic N) is 2. The van der Waals surface area contributed by atoms with E-state index in [4.69, 9.17) is 27.9 Å². The van der Waals surface area contributed by atoms with Crippen LogP contribution in [-0.2, 0) is 0 Å². The van der Waals surface area contributed by atoms with Crippen LogP contribution in [0.5, 0.6) is 5.75 Å². The van der Waals surface area contributed by atoms with E-state index in [1.165, 1.54) is 23.5 Å². The van der Waals surface area contributed by atoms with E-state index in [1.54, 1.807) is 19.1 Å². The van der Waals surface area contributed by atoms with Gasteiger partial charge in [-0.15, -0.1) is 0 Å². The minimum Gasteiger partial charge on any atom is -0.486 e. The molecule has 0 aliphatic carbocycles. The minimum atomic E-state index is -0.563. The molecule has 0 aliphatic rings. The standard InChI is InChI=1S/C21H23Cl2FN4O2S/c1-12(18-14(22)6-7-15(24)19(18)23)30-13-5-8-16-17(11-13)31-21(26-16)27-20(29)25-9-4-10-28(2)3/h5-8,11-12H,4,9-10H2,1-3H3,(H2,25,26,27,29). The zero-order chi connectivity index (χ0) is 22.5. The summed E-state index contributed by atoms with van der Waals surface area (Å²) in [5.41, 5.74) is 1.12. The van der Waals surface area contributed by atoms with E-state index in [9.17, 15) is 9.18 Å². The third-order valence-electron chi connectivity index (χ3n) is 4.45. The molecule has 0 aliphatic heterocycles. The normalized spacial score (nSPS) is 12.2. The monoisotopic (exact) mass is 484 g/mol. The van der Waals surface area contributed by atoms with Gasteiger partial charge in [0.2, 0.25) is 0 Å². The lowest BCUT2D eigenvalue weighted by Gasteiger charge is -2.18. The first-order chi connectivity index (χ1) is 14.7. The maximum absolute atomic E-state index is 13.8. The lowest BCUT2D eigenvalue weighted by Crippen LogP contribution is -2.31. The second kappa shape index (κ2) is 10.5. The molecule has 1 unspecified atom stereocenters. The Balaban J connectivity index is 1.66. The summed E-state index contributed by atoms with van der Waals surface area (Å²) in [6, 6.07) is 7.74. The number of halogens is 3. The number of urea groups is 1. The number of ether oxygens (including phenoxy) is 1. The number of hydrogen-bond donors (Lipinski definition) is 2. The SMILES string of the molecule is CC(Oc1ccc2nc(NC(=O)NCCCN(C)C)sc2c1)c1c(Cl)ccc(F)c1Cl. The van der Waals surface area contributed by atoms with Gasteiger partial charge < -0.3 is 15.0 Å². The molecule has 0 spiro atoms. The van der Waals surface area contributed by atoms with Crippen LogP contribution >= 0.6 is 34.5 Å². The Hall–Kier alpha value is -2.13. The summed E-state index contributed by atoms with van der Waals surface area (Å²) in [5, 5.41) is 6.33. The molecule has 166 valence electrons. The van der Waals surface area contributed by atoms with Crippen molar-refractivity contribution in [3.63, 3.8) is 0 Å². The highest BCUT2D eigenvalue weighted by atomic mass is 35.5. The van der Waals surface area contributed by atoms with Gasteiger partial charge in [0.05, 0.1) is 15.2 Å². The van der Waals surface area contributed by atoms with Crippen molar-refractivity contribution >= 4 is 55.9 Å². The Morgan fingerprint density at radius 2 is 2.06 bits per heavy atom. The van der Waals surface area contributed by atoms with Gasteiger partial charge in [0, 0.05) is 17.1 Å². The van der Waals surface area contributed by atoms with E-state index in [2.05, 4.69) is 20.5 Å². The second-order valence-corrected chi connectivity index (χ2v) is 9.02. The quantitative estimate of drug-likeness (QED) is 0.306. The molecule has 1 atom stereocenters. The summed E-state index contributed by atoms with van der Waals surface area (Å²) in [6.07, 6.45) is 0.296. The minimum absolute atomic E-state index is 0.0538. The third-order valence-corrected chi connectivity index (χ3v) is 6.09. The number of benzene rings is 2. The Morgan fingerprint density at radius 3 is 2.81 bits per heavy atom. The lowest BCUT2D eigenvalue weighted by molar-refractivity contribution is 0.227. The van der Waals surface area contributed by atoms with Crippen LogP contribution in [0, 0.1) is 5.82 Å². The Labute approximate surface area is 194 Å². The highest BCUT2D eigenvalue weighted by Crippen LogP contribution is 2.36. The molecule has 31 heavy (non-hydrogen) atoms. The van der Waals surface area contributed by atoms with Crippen molar-refractivity contribution in [2.75, 3.05) is 32.5 Å². The van der Waals surface area contributed by atoms with Crippen LogP contribution in [0.2, 0.25) is 10.0 Å². The van der Waals surface area contributed by atoms with Crippen molar-refractivity contribution in [2.24, 2.45) is 0 Å². The number of nitrogens with one attached hydrogen (secondary N) is 2. The predicted molar refractivity (Wildman–Crippen MR) is 125 cm³/mol. The molecule has 2 N–H and O–H groups in total. The molecule has 10 heteroatoms. The number of thiazole rings is 1. The number of hydrogen-bond acceptors (Lipinski definition) is 5. The fourth-order valence-electron chi connectivity index (χ4n) is 2.95. The van der Waals surface area contributed by atoms with Crippen molar-refractivity contribution in [3.8, 4) is 5.75 Å². The number of carbonyl (C=O) groups excluding carboxylic acids is 1. The molecule has 0 saturated carbocycles. The predicted octanol–water partition coefficient (Wildman–Crippen LogP) is 5.96. The molecule has 2 aromatic carbocycles. The molecule has 0 fully saturated rings. The van der Waals surface area contributed by atoms with Crippen LogP contribution in [0.1, 0.15) is 25.0 Å². The van der Waals surface area contributed by atoms with E-state index in [1.807, 2.05) is 20.2 Å². The third kappa shape index (κ3) is 6.20. The number of rotatable bonds is 8. The van der Waals surface area contributed by atoms with Gasteiger partial charge in [-0.2, -0.15) is 0 Å². The molecule has 0 bridgehead atoms. The number of aromatic nitrogens is 1. The van der Waals surface area contributed by atoms with E-state index < -0.39 is 11.9 Å². The van der Waals surface area contributed by atoms with Crippen molar-refractivity contribution in [1.82, 2.24) is 15.2 Å². The van der Waals surface area contributed by atoms with Gasteiger partial charge in [-0.1, -0.05) is 34.5 Å². The highest BCUT2D eigenvalue weighted by molar-refractivity contribution is 7.22. The van der Waals surface area contributed by atoms with Crippen LogP contribution in [0.15, 0.2) is 30.3 Å². The zero-order valence-corrected chi connectivity index (χ0v) is 19.7. The molecule has 6 nitrogen and oxygen atoms in total. The van der Waals surface area contributed by atoms with Crippen LogP contribution < -0.4 is 15.4 Å². The van der Waals surface area contributed by atoms with Gasteiger partial charge >= 0.3 is 6.03 Å². The Kier molecular flexibility index (Phi) is 7.94. The van der Waals surface area contributed by atoms with Gasteiger partial charge in [0.25, 0.3) is 0 Å². The van der Waals surface area contributed by atoms with Crippen molar-refractivity contribution in [3.05, 3.63) is 51.8 Å². The highest BCUT2D eigenvalue weighted by Gasteiger charge is 2.19. The zero-order valence-electron chi connectivity index (χ0n) is 17.3. The molecule has 3 rings (SSSR count). The Morgan fingerprint density at radius 1 is 1.29 bits per heavy atom. The molecule has 1 aromatic heterocycles. The molecular formula is C21H23Cl2FN4O2S. The second-order valence-electron chi connectivity index (χ2n) is 7.20.